The Hall–Kier alpha value is -1.47. The second-order valence-electron chi connectivity index (χ2n) is 2.85. The van der Waals surface area contributed by atoms with Crippen LogP contribution in [0.15, 0.2) is 11.6 Å². The SMILES string of the molecule is NC[C@@]1(c2nccs2)NC(=O)NC1=O. The van der Waals surface area contributed by atoms with E-state index in [2.05, 4.69) is 15.6 Å². The monoisotopic (exact) mass is 212 g/mol. The number of amides is 3. The molecule has 4 N–H and O–H groups in total. The Bertz CT molecular complexity index is 377. The molecule has 6 nitrogen and oxygen atoms in total. The smallest absolute Gasteiger partial charge is 0.322 e. The predicted octanol–water partition coefficient (Wildman–Crippen LogP) is -0.864. The molecule has 1 fully saturated rings. The molecule has 2 heterocycles. The van der Waals surface area contributed by atoms with Gasteiger partial charge in [-0.1, -0.05) is 0 Å². The minimum atomic E-state index is -1.18. The van der Waals surface area contributed by atoms with Crippen LogP contribution in [0, 0.1) is 0 Å². The van der Waals surface area contributed by atoms with Gasteiger partial charge in [0.25, 0.3) is 5.91 Å². The number of urea groups is 1. The number of nitrogens with one attached hydrogen (secondary N) is 2. The highest BCUT2D eigenvalue weighted by Gasteiger charge is 2.48. The van der Waals surface area contributed by atoms with Crippen molar-refractivity contribution < 1.29 is 9.59 Å². The number of aromatic nitrogens is 1. The molecule has 0 saturated carbocycles. The average molecular weight is 212 g/mol. The zero-order chi connectivity index (χ0) is 10.2. The van der Waals surface area contributed by atoms with Crippen LogP contribution in [0.2, 0.25) is 0 Å². The van der Waals surface area contributed by atoms with Crippen molar-refractivity contribution in [2.24, 2.45) is 5.73 Å². The van der Waals surface area contributed by atoms with E-state index in [1.807, 2.05) is 0 Å². The molecule has 1 saturated heterocycles. The van der Waals surface area contributed by atoms with Crippen molar-refractivity contribution >= 4 is 23.3 Å². The highest BCUT2D eigenvalue weighted by atomic mass is 32.1. The van der Waals surface area contributed by atoms with Crippen molar-refractivity contribution in [1.82, 2.24) is 15.6 Å². The van der Waals surface area contributed by atoms with Crippen molar-refractivity contribution in [2.45, 2.75) is 5.54 Å². The Kier molecular flexibility index (Phi) is 1.97. The maximum atomic E-state index is 11.5. The first-order valence-corrected chi connectivity index (χ1v) is 4.80. The third-order valence-corrected chi connectivity index (χ3v) is 2.98. The van der Waals surface area contributed by atoms with Crippen LogP contribution in [0.1, 0.15) is 5.01 Å². The molecule has 0 radical (unpaired) electrons. The molecule has 3 amide bonds. The van der Waals surface area contributed by atoms with Crippen LogP contribution in [0.25, 0.3) is 0 Å². The zero-order valence-electron chi connectivity index (χ0n) is 7.11. The highest BCUT2D eigenvalue weighted by Crippen LogP contribution is 2.25. The Morgan fingerprint density at radius 2 is 2.36 bits per heavy atom. The van der Waals surface area contributed by atoms with Crippen LogP contribution in [0.4, 0.5) is 4.79 Å². The lowest BCUT2D eigenvalue weighted by Gasteiger charge is -2.20. The molecule has 1 aliphatic rings. The van der Waals surface area contributed by atoms with Crippen molar-refractivity contribution in [2.75, 3.05) is 6.54 Å². The normalized spacial score (nSPS) is 26.1. The molecular formula is C7H8N4O2S. The lowest BCUT2D eigenvalue weighted by atomic mass is 10.0. The lowest BCUT2D eigenvalue weighted by Crippen LogP contribution is -2.49. The summed E-state index contributed by atoms with van der Waals surface area (Å²) in [6.45, 7) is -0.00190. The van der Waals surface area contributed by atoms with E-state index in [-0.39, 0.29) is 6.54 Å². The van der Waals surface area contributed by atoms with E-state index < -0.39 is 17.5 Å². The first-order valence-electron chi connectivity index (χ1n) is 3.93. The van der Waals surface area contributed by atoms with Crippen LogP contribution in [-0.2, 0) is 10.3 Å². The molecule has 0 aliphatic carbocycles. The van der Waals surface area contributed by atoms with E-state index in [9.17, 15) is 9.59 Å². The van der Waals surface area contributed by atoms with Gasteiger partial charge < -0.3 is 11.1 Å². The Labute approximate surface area is 83.5 Å². The van der Waals surface area contributed by atoms with Crippen LogP contribution in [0.5, 0.6) is 0 Å². The highest BCUT2D eigenvalue weighted by molar-refractivity contribution is 7.09. The van der Waals surface area contributed by atoms with Gasteiger partial charge in [-0.2, -0.15) is 0 Å². The predicted molar refractivity (Wildman–Crippen MR) is 49.5 cm³/mol. The molecule has 74 valence electrons. The summed E-state index contributed by atoms with van der Waals surface area (Å²) in [4.78, 5) is 26.5. The van der Waals surface area contributed by atoms with E-state index in [4.69, 9.17) is 5.73 Å². The van der Waals surface area contributed by atoms with Gasteiger partial charge in [0.05, 0.1) is 0 Å². The van der Waals surface area contributed by atoms with Crippen molar-refractivity contribution in [3.05, 3.63) is 16.6 Å². The topological polar surface area (TPSA) is 97.1 Å². The minimum absolute atomic E-state index is 0.00190. The fourth-order valence-electron chi connectivity index (χ4n) is 1.31. The molecule has 1 aromatic rings. The number of nitrogens with two attached hydrogens (primary N) is 1. The zero-order valence-corrected chi connectivity index (χ0v) is 7.93. The van der Waals surface area contributed by atoms with Gasteiger partial charge >= 0.3 is 6.03 Å². The fourth-order valence-corrected chi connectivity index (χ4v) is 2.11. The van der Waals surface area contributed by atoms with E-state index in [0.717, 1.165) is 0 Å². The van der Waals surface area contributed by atoms with E-state index in [1.54, 1.807) is 11.6 Å². The van der Waals surface area contributed by atoms with Gasteiger partial charge in [-0.3, -0.25) is 10.1 Å². The first kappa shape index (κ1) is 9.10. The Balaban J connectivity index is 2.45. The summed E-state index contributed by atoms with van der Waals surface area (Å²) in [6, 6.07) is -0.532. The largest absolute Gasteiger partial charge is 0.327 e. The molecule has 1 atom stereocenters. The molecule has 7 heteroatoms. The number of nitrogens with zero attached hydrogens (tertiary/aromatic N) is 1. The third kappa shape index (κ3) is 1.10. The number of hydrogen-bond acceptors (Lipinski definition) is 5. The fraction of sp³-hybridized carbons (Fsp3) is 0.286. The van der Waals surface area contributed by atoms with Crippen LogP contribution >= 0.6 is 11.3 Å². The minimum Gasteiger partial charge on any atom is -0.327 e. The second-order valence-corrected chi connectivity index (χ2v) is 3.75. The van der Waals surface area contributed by atoms with Crippen molar-refractivity contribution in [1.29, 1.82) is 0 Å². The van der Waals surface area contributed by atoms with Gasteiger partial charge in [0.15, 0.2) is 5.54 Å². The van der Waals surface area contributed by atoms with Gasteiger partial charge in [-0.05, 0) is 0 Å². The first-order chi connectivity index (χ1) is 6.69. The quantitative estimate of drug-likeness (QED) is 0.555. The number of imide groups is 1. The second kappa shape index (κ2) is 3.03. The van der Waals surface area contributed by atoms with Gasteiger partial charge in [0.2, 0.25) is 0 Å². The number of hydrogen-bond donors (Lipinski definition) is 3. The summed E-state index contributed by atoms with van der Waals surface area (Å²) in [5, 5.41) is 6.87. The summed E-state index contributed by atoms with van der Waals surface area (Å²) >= 11 is 1.28. The number of carbonyl (C=O) groups is 2. The van der Waals surface area contributed by atoms with Crippen LogP contribution < -0.4 is 16.4 Å². The molecule has 0 bridgehead atoms. The van der Waals surface area contributed by atoms with Gasteiger partial charge in [0.1, 0.15) is 5.01 Å². The van der Waals surface area contributed by atoms with E-state index >= 15 is 0 Å². The van der Waals surface area contributed by atoms with E-state index in [0.29, 0.717) is 5.01 Å². The molecule has 0 unspecified atom stereocenters. The van der Waals surface area contributed by atoms with Gasteiger partial charge in [-0.15, -0.1) is 11.3 Å². The number of carbonyl (C=O) groups excluding carboxylic acids is 2. The summed E-state index contributed by atoms with van der Waals surface area (Å²) in [7, 11) is 0. The van der Waals surface area contributed by atoms with Crippen LogP contribution in [-0.4, -0.2) is 23.5 Å². The average Bonchev–Trinajstić information content (AvgIpc) is 2.73. The summed E-state index contributed by atoms with van der Waals surface area (Å²) < 4.78 is 0. The lowest BCUT2D eigenvalue weighted by molar-refractivity contribution is -0.123. The molecule has 1 aliphatic heterocycles. The molecule has 0 spiro atoms. The Morgan fingerprint density at radius 1 is 1.57 bits per heavy atom. The van der Waals surface area contributed by atoms with Crippen molar-refractivity contribution in [3.63, 3.8) is 0 Å². The van der Waals surface area contributed by atoms with E-state index in [1.165, 1.54) is 11.3 Å². The number of thiazole rings is 1. The van der Waals surface area contributed by atoms with Crippen LogP contribution in [0.3, 0.4) is 0 Å². The molecule has 0 aromatic carbocycles. The summed E-state index contributed by atoms with van der Waals surface area (Å²) in [5.74, 6) is -0.444. The molecule has 14 heavy (non-hydrogen) atoms. The maximum absolute atomic E-state index is 11.5. The third-order valence-electron chi connectivity index (χ3n) is 2.05. The maximum Gasteiger partial charge on any atom is 0.322 e. The number of rotatable bonds is 2. The standard InChI is InChI=1S/C7H8N4O2S/c8-3-7(5-9-1-2-14-5)4(12)10-6(13)11-7/h1-2H,3,8H2,(H2,10,11,12,13)/t7-/m1/s1. The molecular weight excluding hydrogens is 204 g/mol. The van der Waals surface area contributed by atoms with Gasteiger partial charge in [-0.25, -0.2) is 9.78 Å². The molecule has 2 rings (SSSR count). The molecule has 1 aromatic heterocycles. The summed E-state index contributed by atoms with van der Waals surface area (Å²) in [5.41, 5.74) is 4.33. The van der Waals surface area contributed by atoms with Crippen molar-refractivity contribution in [3.8, 4) is 0 Å². The summed E-state index contributed by atoms with van der Waals surface area (Å²) in [6.07, 6.45) is 1.56. The Morgan fingerprint density at radius 3 is 2.79 bits per heavy atom. The van der Waals surface area contributed by atoms with Gasteiger partial charge in [0, 0.05) is 18.1 Å².